The Hall–Kier alpha value is -1.51. The fourth-order valence-electron chi connectivity index (χ4n) is 2.62. The van der Waals surface area contributed by atoms with E-state index in [-0.39, 0.29) is 11.7 Å². The third kappa shape index (κ3) is 2.84. The maximum atomic E-state index is 11.9. The largest absolute Gasteiger partial charge is 0.442 e. The summed E-state index contributed by atoms with van der Waals surface area (Å²) in [5, 5.41) is 2.79. The van der Waals surface area contributed by atoms with E-state index in [4.69, 9.17) is 4.74 Å². The first-order valence-electron chi connectivity index (χ1n) is 6.67. The van der Waals surface area contributed by atoms with Gasteiger partial charge in [-0.3, -0.25) is 5.32 Å². The molecule has 0 saturated heterocycles. The third-order valence-corrected chi connectivity index (χ3v) is 3.82. The fourth-order valence-corrected chi connectivity index (χ4v) is 2.62. The first-order chi connectivity index (χ1) is 8.62. The molecule has 98 valence electrons. The smallest absolute Gasteiger partial charge is 0.412 e. The SMILES string of the molecule is CC(C)C1(OC(=O)Nc2ccccc2)CCCC1. The molecule has 1 amide bonds. The molecule has 1 aliphatic rings. The van der Waals surface area contributed by atoms with E-state index in [9.17, 15) is 4.79 Å². The van der Waals surface area contributed by atoms with Crippen LogP contribution in [0.4, 0.5) is 10.5 Å². The maximum absolute atomic E-state index is 11.9. The van der Waals surface area contributed by atoms with Crippen LogP contribution in [0.15, 0.2) is 30.3 Å². The number of nitrogens with one attached hydrogen (secondary N) is 1. The van der Waals surface area contributed by atoms with Gasteiger partial charge in [-0.25, -0.2) is 4.79 Å². The number of rotatable bonds is 3. The Labute approximate surface area is 109 Å². The second-order valence-electron chi connectivity index (χ2n) is 5.31. The van der Waals surface area contributed by atoms with E-state index >= 15 is 0 Å². The minimum atomic E-state index is -0.336. The first kappa shape index (κ1) is 12.9. The highest BCUT2D eigenvalue weighted by atomic mass is 16.6. The predicted octanol–water partition coefficient (Wildman–Crippen LogP) is 4.20. The van der Waals surface area contributed by atoms with Crippen LogP contribution in [-0.4, -0.2) is 11.7 Å². The van der Waals surface area contributed by atoms with Crippen LogP contribution in [0.1, 0.15) is 39.5 Å². The van der Waals surface area contributed by atoms with Crippen molar-refractivity contribution in [2.24, 2.45) is 5.92 Å². The van der Waals surface area contributed by atoms with E-state index in [2.05, 4.69) is 19.2 Å². The second-order valence-corrected chi connectivity index (χ2v) is 5.31. The molecule has 0 aromatic heterocycles. The number of hydrogen-bond donors (Lipinski definition) is 1. The molecule has 2 rings (SSSR count). The third-order valence-electron chi connectivity index (χ3n) is 3.82. The molecule has 0 bridgehead atoms. The molecule has 0 spiro atoms. The van der Waals surface area contributed by atoms with Crippen molar-refractivity contribution >= 4 is 11.8 Å². The number of ether oxygens (including phenoxy) is 1. The summed E-state index contributed by atoms with van der Waals surface area (Å²) in [4.78, 5) is 11.9. The van der Waals surface area contributed by atoms with Crippen molar-refractivity contribution in [2.75, 3.05) is 5.32 Å². The van der Waals surface area contributed by atoms with E-state index in [0.717, 1.165) is 31.4 Å². The number of anilines is 1. The summed E-state index contributed by atoms with van der Waals surface area (Å²) < 4.78 is 5.71. The topological polar surface area (TPSA) is 38.3 Å². The molecule has 1 aromatic carbocycles. The van der Waals surface area contributed by atoms with Crippen LogP contribution < -0.4 is 5.32 Å². The first-order valence-corrected chi connectivity index (χ1v) is 6.67. The predicted molar refractivity (Wildman–Crippen MR) is 72.6 cm³/mol. The van der Waals surface area contributed by atoms with Gasteiger partial charge in [-0.05, 0) is 43.7 Å². The quantitative estimate of drug-likeness (QED) is 0.869. The minimum absolute atomic E-state index is 0.265. The van der Waals surface area contributed by atoms with Gasteiger partial charge >= 0.3 is 6.09 Å². The molecule has 1 N–H and O–H groups in total. The fraction of sp³-hybridized carbons (Fsp3) is 0.533. The van der Waals surface area contributed by atoms with Gasteiger partial charge in [0.25, 0.3) is 0 Å². The highest BCUT2D eigenvalue weighted by molar-refractivity contribution is 5.84. The van der Waals surface area contributed by atoms with Crippen molar-refractivity contribution in [3.63, 3.8) is 0 Å². The number of carbonyl (C=O) groups is 1. The van der Waals surface area contributed by atoms with Crippen molar-refractivity contribution in [1.82, 2.24) is 0 Å². The molecule has 1 fully saturated rings. The molecule has 3 heteroatoms. The monoisotopic (exact) mass is 247 g/mol. The molecule has 3 nitrogen and oxygen atoms in total. The lowest BCUT2D eigenvalue weighted by Crippen LogP contribution is -2.38. The number of hydrogen-bond acceptors (Lipinski definition) is 2. The second kappa shape index (κ2) is 5.42. The van der Waals surface area contributed by atoms with Crippen molar-refractivity contribution in [3.05, 3.63) is 30.3 Å². The zero-order valence-electron chi connectivity index (χ0n) is 11.1. The van der Waals surface area contributed by atoms with Gasteiger partial charge in [0.15, 0.2) is 0 Å². The van der Waals surface area contributed by atoms with Crippen molar-refractivity contribution in [3.8, 4) is 0 Å². The van der Waals surface area contributed by atoms with Gasteiger partial charge in [0.1, 0.15) is 5.60 Å². The van der Waals surface area contributed by atoms with E-state index in [1.165, 1.54) is 0 Å². The standard InChI is InChI=1S/C15H21NO2/c1-12(2)15(10-6-7-11-15)18-14(17)16-13-8-4-3-5-9-13/h3-5,8-9,12H,6-7,10-11H2,1-2H3,(H,16,17). The van der Waals surface area contributed by atoms with Crippen molar-refractivity contribution in [2.45, 2.75) is 45.1 Å². The summed E-state index contributed by atoms with van der Waals surface area (Å²) in [5.74, 6) is 0.363. The van der Waals surface area contributed by atoms with Gasteiger partial charge in [0.2, 0.25) is 0 Å². The molecule has 1 aliphatic carbocycles. The normalized spacial score (nSPS) is 17.7. The molecule has 0 unspecified atom stereocenters. The molecular weight excluding hydrogens is 226 g/mol. The average Bonchev–Trinajstić information content (AvgIpc) is 2.80. The summed E-state index contributed by atoms with van der Waals surface area (Å²) >= 11 is 0. The molecular formula is C15H21NO2. The molecule has 0 heterocycles. The van der Waals surface area contributed by atoms with Crippen LogP contribution in [0.3, 0.4) is 0 Å². The molecule has 0 aliphatic heterocycles. The lowest BCUT2D eigenvalue weighted by molar-refractivity contribution is -0.0117. The summed E-state index contributed by atoms with van der Waals surface area (Å²) in [6, 6.07) is 9.42. The van der Waals surface area contributed by atoms with E-state index in [0.29, 0.717) is 5.92 Å². The van der Waals surface area contributed by atoms with Gasteiger partial charge < -0.3 is 4.74 Å². The van der Waals surface area contributed by atoms with Crippen LogP contribution in [0.5, 0.6) is 0 Å². The number of amides is 1. The Kier molecular flexibility index (Phi) is 3.90. The highest BCUT2D eigenvalue weighted by Gasteiger charge is 2.40. The number of para-hydroxylation sites is 1. The lowest BCUT2D eigenvalue weighted by Gasteiger charge is -2.33. The van der Waals surface area contributed by atoms with Gasteiger partial charge in [0, 0.05) is 5.69 Å². The Morgan fingerprint density at radius 2 is 1.83 bits per heavy atom. The molecule has 0 radical (unpaired) electrons. The summed E-state index contributed by atoms with van der Waals surface area (Å²) in [5.41, 5.74) is 0.512. The van der Waals surface area contributed by atoms with Gasteiger partial charge in [0.05, 0.1) is 0 Å². The Morgan fingerprint density at radius 3 is 2.39 bits per heavy atom. The van der Waals surface area contributed by atoms with Crippen LogP contribution in [-0.2, 0) is 4.74 Å². The van der Waals surface area contributed by atoms with Crippen molar-refractivity contribution < 1.29 is 9.53 Å². The average molecular weight is 247 g/mol. The lowest BCUT2D eigenvalue weighted by atomic mass is 9.88. The highest BCUT2D eigenvalue weighted by Crippen LogP contribution is 2.39. The van der Waals surface area contributed by atoms with E-state index in [1.807, 2.05) is 30.3 Å². The van der Waals surface area contributed by atoms with Crippen molar-refractivity contribution in [1.29, 1.82) is 0 Å². The van der Waals surface area contributed by atoms with E-state index < -0.39 is 0 Å². The number of carbonyl (C=O) groups excluding carboxylic acids is 1. The van der Waals surface area contributed by atoms with Crippen LogP contribution in [0.25, 0.3) is 0 Å². The summed E-state index contributed by atoms with van der Waals surface area (Å²) in [6.07, 6.45) is 3.92. The van der Waals surface area contributed by atoms with Gasteiger partial charge in [-0.1, -0.05) is 32.0 Å². The molecule has 18 heavy (non-hydrogen) atoms. The van der Waals surface area contributed by atoms with Crippen LogP contribution >= 0.6 is 0 Å². The zero-order chi connectivity index (χ0) is 13.0. The molecule has 0 atom stereocenters. The van der Waals surface area contributed by atoms with E-state index in [1.54, 1.807) is 0 Å². The Bertz CT molecular complexity index is 394. The maximum Gasteiger partial charge on any atom is 0.412 e. The minimum Gasteiger partial charge on any atom is -0.442 e. The van der Waals surface area contributed by atoms with Gasteiger partial charge in [-0.15, -0.1) is 0 Å². The number of benzene rings is 1. The molecule has 1 saturated carbocycles. The summed E-state index contributed by atoms with van der Waals surface area (Å²) in [6.45, 7) is 4.25. The van der Waals surface area contributed by atoms with Crippen LogP contribution in [0, 0.1) is 5.92 Å². The Balaban J connectivity index is 1.98. The summed E-state index contributed by atoms with van der Waals surface area (Å²) in [7, 11) is 0. The zero-order valence-corrected chi connectivity index (χ0v) is 11.1. The van der Waals surface area contributed by atoms with Gasteiger partial charge in [-0.2, -0.15) is 0 Å². The molecule has 1 aromatic rings. The Morgan fingerprint density at radius 1 is 1.22 bits per heavy atom. The van der Waals surface area contributed by atoms with Crippen LogP contribution in [0.2, 0.25) is 0 Å².